The van der Waals surface area contributed by atoms with Crippen molar-refractivity contribution >= 4 is 27.3 Å². The predicted octanol–water partition coefficient (Wildman–Crippen LogP) is 5.58. The van der Waals surface area contributed by atoms with Crippen LogP contribution in [0.25, 0.3) is 0 Å². The summed E-state index contributed by atoms with van der Waals surface area (Å²) in [5.41, 5.74) is 4.45. The van der Waals surface area contributed by atoms with Crippen LogP contribution in [0.15, 0.2) is 82.4 Å². The maximum Gasteiger partial charge on any atom is 0.162 e. The molecule has 0 amide bonds. The number of para-hydroxylation sites is 1. The molecule has 2 aliphatic heterocycles. The summed E-state index contributed by atoms with van der Waals surface area (Å²) < 4.78 is 12.5. The van der Waals surface area contributed by atoms with E-state index in [1.54, 1.807) is 0 Å². The van der Waals surface area contributed by atoms with Gasteiger partial charge in [-0.3, -0.25) is 5.01 Å². The van der Waals surface area contributed by atoms with Crippen LogP contribution in [-0.4, -0.2) is 18.9 Å². The van der Waals surface area contributed by atoms with Crippen LogP contribution in [0, 0.1) is 0 Å². The van der Waals surface area contributed by atoms with Crippen LogP contribution in [0.3, 0.4) is 0 Å². The zero-order chi connectivity index (χ0) is 18.9. The molecule has 0 bridgehead atoms. The number of fused-ring (bicyclic) bond motifs is 1. The van der Waals surface area contributed by atoms with Gasteiger partial charge in [0.05, 0.1) is 17.4 Å². The molecule has 5 heteroatoms. The number of rotatable bonds is 3. The Balaban J connectivity index is 1.53. The third kappa shape index (κ3) is 3.27. The Morgan fingerprint density at radius 3 is 2.39 bits per heavy atom. The highest BCUT2D eigenvalue weighted by atomic mass is 79.9. The second-order valence-corrected chi connectivity index (χ2v) is 7.77. The van der Waals surface area contributed by atoms with Crippen molar-refractivity contribution in [2.75, 3.05) is 18.2 Å². The first-order valence-electron chi connectivity index (χ1n) is 9.35. The highest BCUT2D eigenvalue weighted by Gasteiger charge is 2.30. The van der Waals surface area contributed by atoms with Crippen molar-refractivity contribution in [1.29, 1.82) is 0 Å². The van der Waals surface area contributed by atoms with Crippen LogP contribution in [0.4, 0.5) is 5.69 Å². The zero-order valence-electron chi connectivity index (χ0n) is 15.2. The van der Waals surface area contributed by atoms with E-state index in [0.717, 1.165) is 39.4 Å². The summed E-state index contributed by atoms with van der Waals surface area (Å²) in [4.78, 5) is 0. The SMILES string of the molecule is Brc1ccc(C2CC(c3ccc4c(c3)OCCO4)=NN2c2ccccc2)cc1. The second-order valence-electron chi connectivity index (χ2n) is 6.86. The molecule has 0 N–H and O–H groups in total. The smallest absolute Gasteiger partial charge is 0.162 e. The van der Waals surface area contributed by atoms with E-state index in [2.05, 4.69) is 63.4 Å². The number of hydrogen-bond donors (Lipinski definition) is 0. The number of hydrazone groups is 1. The van der Waals surface area contributed by atoms with E-state index in [9.17, 15) is 0 Å². The van der Waals surface area contributed by atoms with Gasteiger partial charge in [0.15, 0.2) is 11.5 Å². The number of anilines is 1. The van der Waals surface area contributed by atoms with Crippen molar-refractivity contribution in [3.63, 3.8) is 0 Å². The fraction of sp³-hybridized carbons (Fsp3) is 0.174. The van der Waals surface area contributed by atoms with Gasteiger partial charge in [-0.2, -0.15) is 5.10 Å². The van der Waals surface area contributed by atoms with Gasteiger partial charge in [0.1, 0.15) is 13.2 Å². The van der Waals surface area contributed by atoms with Gasteiger partial charge in [-0.25, -0.2) is 0 Å². The maximum absolute atomic E-state index is 5.76. The molecule has 0 fully saturated rings. The van der Waals surface area contributed by atoms with E-state index in [4.69, 9.17) is 14.6 Å². The summed E-state index contributed by atoms with van der Waals surface area (Å²) >= 11 is 3.53. The van der Waals surface area contributed by atoms with Gasteiger partial charge >= 0.3 is 0 Å². The van der Waals surface area contributed by atoms with Crippen LogP contribution in [0.2, 0.25) is 0 Å². The lowest BCUT2D eigenvalue weighted by Crippen LogP contribution is -2.18. The first-order valence-corrected chi connectivity index (χ1v) is 10.1. The molecule has 2 heterocycles. The van der Waals surface area contributed by atoms with Crippen molar-refractivity contribution in [2.45, 2.75) is 12.5 Å². The van der Waals surface area contributed by atoms with Crippen molar-refractivity contribution < 1.29 is 9.47 Å². The molecule has 1 unspecified atom stereocenters. The van der Waals surface area contributed by atoms with E-state index >= 15 is 0 Å². The normalized spacial score (nSPS) is 18.1. The summed E-state index contributed by atoms with van der Waals surface area (Å²) in [6, 6.07) is 25.0. The molecule has 0 spiro atoms. The molecular weight excluding hydrogens is 416 g/mol. The Labute approximate surface area is 172 Å². The quantitative estimate of drug-likeness (QED) is 0.539. The van der Waals surface area contributed by atoms with E-state index in [1.807, 2.05) is 30.3 Å². The van der Waals surface area contributed by atoms with Crippen molar-refractivity contribution in [3.8, 4) is 11.5 Å². The van der Waals surface area contributed by atoms with Crippen molar-refractivity contribution in [2.24, 2.45) is 5.10 Å². The number of ether oxygens (including phenoxy) is 2. The molecule has 1 atom stereocenters. The Kier molecular flexibility index (Phi) is 4.53. The Morgan fingerprint density at radius 2 is 1.61 bits per heavy atom. The lowest BCUT2D eigenvalue weighted by molar-refractivity contribution is 0.171. The minimum absolute atomic E-state index is 0.152. The van der Waals surface area contributed by atoms with Crippen LogP contribution in [0.5, 0.6) is 11.5 Å². The molecule has 2 aliphatic rings. The Hall–Kier alpha value is -2.79. The highest BCUT2D eigenvalue weighted by molar-refractivity contribution is 9.10. The highest BCUT2D eigenvalue weighted by Crippen LogP contribution is 2.38. The van der Waals surface area contributed by atoms with Crippen LogP contribution >= 0.6 is 15.9 Å². The molecular formula is C23H19BrN2O2. The van der Waals surface area contributed by atoms with Gasteiger partial charge < -0.3 is 9.47 Å². The van der Waals surface area contributed by atoms with Crippen molar-refractivity contribution in [1.82, 2.24) is 0 Å². The van der Waals surface area contributed by atoms with E-state index in [-0.39, 0.29) is 6.04 Å². The van der Waals surface area contributed by atoms with Crippen molar-refractivity contribution in [3.05, 3.63) is 88.4 Å². The van der Waals surface area contributed by atoms with E-state index in [1.165, 1.54) is 5.56 Å². The van der Waals surface area contributed by atoms with Crippen LogP contribution in [-0.2, 0) is 0 Å². The fourth-order valence-corrected chi connectivity index (χ4v) is 3.94. The van der Waals surface area contributed by atoms with Gasteiger partial charge in [-0.15, -0.1) is 0 Å². The third-order valence-electron chi connectivity index (χ3n) is 5.06. The largest absolute Gasteiger partial charge is 0.486 e. The molecule has 3 aromatic carbocycles. The summed E-state index contributed by atoms with van der Waals surface area (Å²) in [6.45, 7) is 1.18. The van der Waals surface area contributed by atoms with Gasteiger partial charge in [0, 0.05) is 16.5 Å². The summed E-state index contributed by atoms with van der Waals surface area (Å²) in [6.07, 6.45) is 0.830. The summed E-state index contributed by atoms with van der Waals surface area (Å²) in [7, 11) is 0. The fourth-order valence-electron chi connectivity index (χ4n) is 3.67. The van der Waals surface area contributed by atoms with Gasteiger partial charge in [-0.05, 0) is 48.0 Å². The van der Waals surface area contributed by atoms with E-state index < -0.39 is 0 Å². The maximum atomic E-state index is 5.76. The second kappa shape index (κ2) is 7.32. The number of hydrogen-bond acceptors (Lipinski definition) is 4. The van der Waals surface area contributed by atoms with Gasteiger partial charge in [0.25, 0.3) is 0 Å². The summed E-state index contributed by atoms with van der Waals surface area (Å²) in [5, 5.41) is 7.12. The standard InChI is InChI=1S/C23H19BrN2O2/c24-18-9-6-16(7-10-18)21-15-20(25-26(21)19-4-2-1-3-5-19)17-8-11-22-23(14-17)28-13-12-27-22/h1-11,14,21H,12-13,15H2. The average Bonchev–Trinajstić information content (AvgIpc) is 3.20. The molecule has 0 aliphatic carbocycles. The predicted molar refractivity (Wildman–Crippen MR) is 114 cm³/mol. The molecule has 140 valence electrons. The van der Waals surface area contributed by atoms with Gasteiger partial charge in [-0.1, -0.05) is 46.3 Å². The third-order valence-corrected chi connectivity index (χ3v) is 5.59. The van der Waals surface area contributed by atoms with E-state index in [0.29, 0.717) is 13.2 Å². The number of nitrogens with zero attached hydrogens (tertiary/aromatic N) is 2. The molecule has 0 aromatic heterocycles. The summed E-state index contributed by atoms with van der Waals surface area (Å²) in [5.74, 6) is 1.60. The van der Waals surface area contributed by atoms with Crippen LogP contribution < -0.4 is 14.5 Å². The first kappa shape index (κ1) is 17.3. The topological polar surface area (TPSA) is 34.1 Å². The Bertz CT molecular complexity index is 1020. The molecule has 3 aromatic rings. The molecule has 0 saturated heterocycles. The first-order chi connectivity index (χ1) is 13.8. The molecule has 5 rings (SSSR count). The Morgan fingerprint density at radius 1 is 0.857 bits per heavy atom. The lowest BCUT2D eigenvalue weighted by atomic mass is 9.98. The molecule has 28 heavy (non-hydrogen) atoms. The zero-order valence-corrected chi connectivity index (χ0v) is 16.8. The lowest BCUT2D eigenvalue weighted by Gasteiger charge is -2.24. The minimum atomic E-state index is 0.152. The number of halogens is 1. The monoisotopic (exact) mass is 434 g/mol. The molecule has 4 nitrogen and oxygen atoms in total. The van der Waals surface area contributed by atoms with Gasteiger partial charge in [0.2, 0.25) is 0 Å². The minimum Gasteiger partial charge on any atom is -0.486 e. The molecule has 0 saturated carbocycles. The molecule has 0 radical (unpaired) electrons. The number of benzene rings is 3. The van der Waals surface area contributed by atoms with Crippen LogP contribution in [0.1, 0.15) is 23.6 Å². The average molecular weight is 435 g/mol.